The molecule has 2 heterocycles. The van der Waals surface area contributed by atoms with Gasteiger partial charge < -0.3 is 4.90 Å². The number of hydrogen-bond acceptors (Lipinski definition) is 3. The molecule has 0 spiro atoms. The molecule has 5 nitrogen and oxygen atoms in total. The van der Waals surface area contributed by atoms with Crippen molar-refractivity contribution in [1.29, 1.82) is 0 Å². The first-order valence-corrected chi connectivity index (χ1v) is 8.85. The molecular weight excluding hydrogens is 368 g/mol. The van der Waals surface area contributed by atoms with Crippen LogP contribution in [0.3, 0.4) is 0 Å². The second-order valence-electron chi connectivity index (χ2n) is 5.87. The van der Waals surface area contributed by atoms with E-state index < -0.39 is 0 Å². The number of aromatic nitrogens is 2. The van der Waals surface area contributed by atoms with Crippen LogP contribution in [0.15, 0.2) is 47.1 Å². The van der Waals surface area contributed by atoms with Gasteiger partial charge in [0.2, 0.25) is 0 Å². The fourth-order valence-corrected chi connectivity index (χ4v) is 3.35. The molecule has 0 bridgehead atoms. The lowest BCUT2D eigenvalue weighted by molar-refractivity contribution is 0.0638. The normalized spacial score (nSPS) is 16.0. The number of amides is 1. The predicted molar refractivity (Wildman–Crippen MR) is 98.7 cm³/mol. The Balaban J connectivity index is 1.51. The number of nitrogens with zero attached hydrogens (tertiary/aromatic N) is 4. The molecule has 1 aromatic heterocycles. The van der Waals surface area contributed by atoms with E-state index in [9.17, 15) is 4.79 Å². The molecule has 0 radical (unpaired) electrons. The third kappa shape index (κ3) is 3.94. The van der Waals surface area contributed by atoms with E-state index >= 15 is 0 Å². The zero-order chi connectivity index (χ0) is 16.9. The van der Waals surface area contributed by atoms with Gasteiger partial charge in [0.05, 0.1) is 10.7 Å². The zero-order valence-corrected chi connectivity index (χ0v) is 15.3. The molecule has 1 aliphatic heterocycles. The lowest BCUT2D eigenvalue weighted by atomic mass is 10.2. The van der Waals surface area contributed by atoms with E-state index in [1.165, 1.54) is 5.56 Å². The summed E-state index contributed by atoms with van der Waals surface area (Å²) in [6, 6.07) is 10.3. The summed E-state index contributed by atoms with van der Waals surface area (Å²) in [5.41, 5.74) is 1.83. The molecule has 24 heavy (non-hydrogen) atoms. The van der Waals surface area contributed by atoms with E-state index in [0.29, 0.717) is 5.69 Å². The van der Waals surface area contributed by atoms with E-state index in [1.807, 2.05) is 23.1 Å². The van der Waals surface area contributed by atoms with E-state index in [2.05, 4.69) is 50.2 Å². The van der Waals surface area contributed by atoms with Gasteiger partial charge in [0.25, 0.3) is 5.91 Å². The highest BCUT2D eigenvalue weighted by Gasteiger charge is 2.25. The Kier molecular flexibility index (Phi) is 5.48. The molecule has 3 rings (SSSR count). The van der Waals surface area contributed by atoms with Crippen molar-refractivity contribution in [3.05, 3.63) is 58.3 Å². The topological polar surface area (TPSA) is 41.4 Å². The molecule has 6 heteroatoms. The molecule has 1 saturated heterocycles. The summed E-state index contributed by atoms with van der Waals surface area (Å²) >= 11 is 3.40. The van der Waals surface area contributed by atoms with Crippen LogP contribution < -0.4 is 0 Å². The molecule has 0 saturated carbocycles. The maximum absolute atomic E-state index is 12.6. The molecule has 0 N–H and O–H groups in total. The lowest BCUT2D eigenvalue weighted by Crippen LogP contribution is -2.49. The summed E-state index contributed by atoms with van der Waals surface area (Å²) in [6.07, 6.45) is 5.99. The molecule has 1 aliphatic rings. The molecule has 1 amide bonds. The molecule has 2 aromatic rings. The Bertz CT molecular complexity index is 698. The van der Waals surface area contributed by atoms with Gasteiger partial charge in [-0.15, -0.1) is 0 Å². The number of aryl methyl sites for hydroxylation is 1. The van der Waals surface area contributed by atoms with E-state index in [-0.39, 0.29) is 5.91 Å². The standard InChI is InChI=1S/C18H21BrN4O/c1-21-17(16(19)14-20-21)18(24)23-12-10-22(11-13-23)9-5-8-15-6-3-2-4-7-15/h2-8,14H,9-13H2,1H3. The first kappa shape index (κ1) is 16.9. The highest BCUT2D eigenvalue weighted by molar-refractivity contribution is 9.10. The lowest BCUT2D eigenvalue weighted by Gasteiger charge is -2.34. The number of carbonyl (C=O) groups is 1. The van der Waals surface area contributed by atoms with Gasteiger partial charge in [-0.1, -0.05) is 42.5 Å². The third-order valence-corrected chi connectivity index (χ3v) is 4.81. The van der Waals surface area contributed by atoms with Gasteiger partial charge in [0, 0.05) is 39.8 Å². The maximum Gasteiger partial charge on any atom is 0.273 e. The summed E-state index contributed by atoms with van der Waals surface area (Å²) in [4.78, 5) is 16.9. The van der Waals surface area contributed by atoms with Crippen LogP contribution >= 0.6 is 15.9 Å². The number of piperazine rings is 1. The van der Waals surface area contributed by atoms with Crippen LogP contribution in [0.5, 0.6) is 0 Å². The number of carbonyl (C=O) groups excluding carboxylic acids is 1. The quantitative estimate of drug-likeness (QED) is 0.808. The molecular formula is C18H21BrN4O. The molecule has 0 aliphatic carbocycles. The van der Waals surface area contributed by atoms with Crippen LogP contribution in [0.1, 0.15) is 16.1 Å². The molecule has 0 atom stereocenters. The minimum atomic E-state index is 0.0429. The Hall–Kier alpha value is -1.92. The first-order chi connectivity index (χ1) is 11.6. The summed E-state index contributed by atoms with van der Waals surface area (Å²) in [5, 5.41) is 4.12. The van der Waals surface area contributed by atoms with E-state index in [0.717, 1.165) is 37.2 Å². The average Bonchev–Trinajstić information content (AvgIpc) is 2.94. The van der Waals surface area contributed by atoms with Crippen molar-refractivity contribution in [2.75, 3.05) is 32.7 Å². The average molecular weight is 389 g/mol. The summed E-state index contributed by atoms with van der Waals surface area (Å²) in [5.74, 6) is 0.0429. The molecule has 1 fully saturated rings. The van der Waals surface area contributed by atoms with Gasteiger partial charge in [-0.3, -0.25) is 14.4 Å². The van der Waals surface area contributed by atoms with Crippen molar-refractivity contribution in [3.63, 3.8) is 0 Å². The Morgan fingerprint density at radius 1 is 1.21 bits per heavy atom. The smallest absolute Gasteiger partial charge is 0.273 e. The van der Waals surface area contributed by atoms with Crippen LogP contribution in [0.4, 0.5) is 0 Å². The largest absolute Gasteiger partial charge is 0.335 e. The Labute approximate surface area is 150 Å². The van der Waals surface area contributed by atoms with Crippen LogP contribution in [0.2, 0.25) is 0 Å². The molecule has 1 aromatic carbocycles. The number of rotatable bonds is 4. The minimum Gasteiger partial charge on any atom is -0.335 e. The Morgan fingerprint density at radius 3 is 2.54 bits per heavy atom. The summed E-state index contributed by atoms with van der Waals surface area (Å²) in [7, 11) is 1.79. The number of halogens is 1. The van der Waals surface area contributed by atoms with Crippen LogP contribution in [0.25, 0.3) is 6.08 Å². The number of benzene rings is 1. The highest BCUT2D eigenvalue weighted by atomic mass is 79.9. The third-order valence-electron chi connectivity index (χ3n) is 4.23. The zero-order valence-electron chi connectivity index (χ0n) is 13.7. The Morgan fingerprint density at radius 2 is 1.92 bits per heavy atom. The summed E-state index contributed by atoms with van der Waals surface area (Å²) < 4.78 is 2.38. The van der Waals surface area contributed by atoms with Gasteiger partial charge in [0.15, 0.2) is 0 Å². The van der Waals surface area contributed by atoms with Crippen molar-refractivity contribution in [1.82, 2.24) is 19.6 Å². The summed E-state index contributed by atoms with van der Waals surface area (Å²) in [6.45, 7) is 4.18. The van der Waals surface area contributed by atoms with Crippen LogP contribution in [-0.4, -0.2) is 58.2 Å². The number of hydrogen-bond donors (Lipinski definition) is 0. The highest BCUT2D eigenvalue weighted by Crippen LogP contribution is 2.18. The van der Waals surface area contributed by atoms with E-state index in [1.54, 1.807) is 17.9 Å². The van der Waals surface area contributed by atoms with E-state index in [4.69, 9.17) is 0 Å². The van der Waals surface area contributed by atoms with Crippen LogP contribution in [0, 0.1) is 0 Å². The molecule has 126 valence electrons. The van der Waals surface area contributed by atoms with Gasteiger partial charge in [0.1, 0.15) is 5.69 Å². The predicted octanol–water partition coefficient (Wildman–Crippen LogP) is 2.65. The van der Waals surface area contributed by atoms with Gasteiger partial charge in [-0.25, -0.2) is 0 Å². The van der Waals surface area contributed by atoms with Crippen molar-refractivity contribution in [2.24, 2.45) is 7.05 Å². The van der Waals surface area contributed by atoms with Gasteiger partial charge >= 0.3 is 0 Å². The van der Waals surface area contributed by atoms with Crippen molar-refractivity contribution in [3.8, 4) is 0 Å². The second-order valence-corrected chi connectivity index (χ2v) is 6.72. The van der Waals surface area contributed by atoms with Crippen molar-refractivity contribution >= 4 is 27.9 Å². The molecule has 0 unspecified atom stereocenters. The van der Waals surface area contributed by atoms with Gasteiger partial charge in [-0.2, -0.15) is 5.10 Å². The SMILES string of the molecule is Cn1ncc(Br)c1C(=O)N1CCN(CC=Cc2ccccc2)CC1. The fraction of sp³-hybridized carbons (Fsp3) is 0.333. The van der Waals surface area contributed by atoms with Crippen LogP contribution in [-0.2, 0) is 7.05 Å². The maximum atomic E-state index is 12.6. The van der Waals surface area contributed by atoms with Crippen molar-refractivity contribution < 1.29 is 4.79 Å². The van der Waals surface area contributed by atoms with Crippen molar-refractivity contribution in [2.45, 2.75) is 0 Å². The monoisotopic (exact) mass is 388 g/mol. The fourth-order valence-electron chi connectivity index (χ4n) is 2.84. The van der Waals surface area contributed by atoms with Gasteiger partial charge in [-0.05, 0) is 21.5 Å². The minimum absolute atomic E-state index is 0.0429. The second kappa shape index (κ2) is 7.77. The first-order valence-electron chi connectivity index (χ1n) is 8.06.